The van der Waals surface area contributed by atoms with Crippen molar-refractivity contribution in [2.24, 2.45) is 63.6 Å². The summed E-state index contributed by atoms with van der Waals surface area (Å²) >= 11 is 0. The topological polar surface area (TPSA) is 24.1 Å². The molecule has 0 aromatic carbocycles. The zero-order valence-electron chi connectivity index (χ0n) is 25.1. The third kappa shape index (κ3) is 3.89. The fourth-order valence-corrected chi connectivity index (χ4v) is 11.9. The van der Waals surface area contributed by atoms with Crippen LogP contribution in [-0.2, 0) is 0 Å². The summed E-state index contributed by atoms with van der Waals surface area (Å²) in [4.78, 5) is 0. The summed E-state index contributed by atoms with van der Waals surface area (Å²) in [5.74, 6) is 5.90. The van der Waals surface area contributed by atoms with Gasteiger partial charge in [0.05, 0.1) is 0 Å². The van der Waals surface area contributed by atoms with Crippen LogP contribution in [0.15, 0.2) is 48.9 Å². The largest absolute Gasteiger partial charge is 0.363 e. The van der Waals surface area contributed by atoms with Gasteiger partial charge in [-0.3, -0.25) is 0 Å². The van der Waals surface area contributed by atoms with Crippen molar-refractivity contribution < 1.29 is 0 Å². The molecule has 5 fully saturated rings. The summed E-state index contributed by atoms with van der Waals surface area (Å²) < 4.78 is 0. The zero-order chi connectivity index (χ0) is 26.9. The maximum atomic E-state index is 4.75. The molecule has 0 amide bonds. The molecule has 210 valence electrons. The molecule has 0 radical (unpaired) electrons. The molecule has 38 heavy (non-hydrogen) atoms. The van der Waals surface area contributed by atoms with Gasteiger partial charge in [-0.05, 0) is 135 Å². The van der Waals surface area contributed by atoms with Gasteiger partial charge in [-0.2, -0.15) is 0 Å². The van der Waals surface area contributed by atoms with E-state index in [0.717, 1.165) is 49.1 Å². The minimum atomic E-state index is 0.348. The zero-order valence-corrected chi connectivity index (χ0v) is 25.1. The second-order valence-corrected chi connectivity index (χ2v) is 15.4. The molecular formula is C36H56N2. The predicted molar refractivity (Wildman–Crippen MR) is 161 cm³/mol. The first-order chi connectivity index (χ1) is 18.1. The van der Waals surface area contributed by atoms with E-state index in [0.29, 0.717) is 34.0 Å². The Morgan fingerprint density at radius 1 is 1.11 bits per heavy atom. The lowest BCUT2D eigenvalue weighted by molar-refractivity contribution is -0.209. The Labute approximate surface area is 234 Å². The third-order valence-electron chi connectivity index (χ3n) is 13.9. The van der Waals surface area contributed by atoms with E-state index in [1.807, 2.05) is 0 Å². The van der Waals surface area contributed by atoms with Gasteiger partial charge < -0.3 is 10.6 Å². The molecule has 6 aliphatic rings. The van der Waals surface area contributed by atoms with Crippen molar-refractivity contribution in [1.82, 2.24) is 10.6 Å². The minimum absolute atomic E-state index is 0.348. The number of hydrogen-bond acceptors (Lipinski definition) is 2. The van der Waals surface area contributed by atoms with Crippen LogP contribution in [0.3, 0.4) is 0 Å². The molecule has 2 heteroatoms. The van der Waals surface area contributed by atoms with Crippen molar-refractivity contribution in [1.29, 1.82) is 0 Å². The summed E-state index contributed by atoms with van der Waals surface area (Å²) in [6.07, 6.45) is 19.6. The van der Waals surface area contributed by atoms with E-state index < -0.39 is 0 Å². The fraction of sp³-hybridized carbons (Fsp3) is 0.778. The van der Waals surface area contributed by atoms with Gasteiger partial charge in [0, 0.05) is 23.9 Å². The monoisotopic (exact) mass is 516 g/mol. The Morgan fingerprint density at radius 3 is 2.63 bits per heavy atom. The van der Waals surface area contributed by atoms with E-state index in [-0.39, 0.29) is 0 Å². The van der Waals surface area contributed by atoms with Crippen LogP contribution in [0, 0.1) is 63.6 Å². The molecule has 6 rings (SSSR count). The fourth-order valence-electron chi connectivity index (χ4n) is 11.9. The quantitative estimate of drug-likeness (QED) is 0.345. The number of allylic oxidation sites excluding steroid dienone is 4. The standard InChI is InChI=1S/C36H56N2/c1-23-19-36-22-35(16-15-24(36)2)27(5)26(4)34(7,31-13-9-8-10-14-31)20-30(32(23)33(35)36)18-25(3)38-28(6)29-12-11-17-37-21-29/h9,13,23,26-27,29-33,37-38H,2-3,6,8,10-12,14-22H2,1,4-5,7H3/t23?,26?,27-,29?,30+,31?,32?,33?,34+,35?,36?/m0/s1. The molecule has 0 aromatic heterocycles. The van der Waals surface area contributed by atoms with Crippen molar-refractivity contribution in [3.8, 4) is 0 Å². The average Bonchev–Trinajstić information content (AvgIpc) is 3.16. The lowest BCUT2D eigenvalue weighted by atomic mass is 9.32. The van der Waals surface area contributed by atoms with Gasteiger partial charge in [0.15, 0.2) is 0 Å². The van der Waals surface area contributed by atoms with Crippen molar-refractivity contribution in [3.63, 3.8) is 0 Å². The van der Waals surface area contributed by atoms with Crippen LogP contribution in [0.2, 0.25) is 0 Å². The normalized spacial score (nSPS) is 49.8. The molecule has 8 unspecified atom stereocenters. The van der Waals surface area contributed by atoms with Gasteiger partial charge in [0.2, 0.25) is 0 Å². The first kappa shape index (κ1) is 26.9. The maximum Gasteiger partial charge on any atom is 0.0119 e. The molecule has 5 aliphatic carbocycles. The van der Waals surface area contributed by atoms with E-state index in [4.69, 9.17) is 6.58 Å². The molecule has 2 bridgehead atoms. The van der Waals surface area contributed by atoms with Gasteiger partial charge in [0.1, 0.15) is 0 Å². The Balaban J connectivity index is 1.34. The summed E-state index contributed by atoms with van der Waals surface area (Å²) in [5, 5.41) is 7.34. The second-order valence-electron chi connectivity index (χ2n) is 15.4. The molecule has 1 aliphatic heterocycles. The molecule has 2 nitrogen and oxygen atoms in total. The molecule has 1 saturated heterocycles. The van der Waals surface area contributed by atoms with Crippen LogP contribution >= 0.6 is 0 Å². The average molecular weight is 517 g/mol. The van der Waals surface area contributed by atoms with Crippen LogP contribution in [0.1, 0.15) is 98.3 Å². The smallest absolute Gasteiger partial charge is 0.0119 e. The molecule has 2 N–H and O–H groups in total. The predicted octanol–water partition coefficient (Wildman–Crippen LogP) is 8.65. The number of hydrogen-bond donors (Lipinski definition) is 2. The van der Waals surface area contributed by atoms with E-state index in [1.54, 1.807) is 5.57 Å². The van der Waals surface area contributed by atoms with Crippen LogP contribution in [-0.4, -0.2) is 13.1 Å². The number of piperidine rings is 1. The van der Waals surface area contributed by atoms with Gasteiger partial charge in [-0.1, -0.05) is 65.2 Å². The molecular weight excluding hydrogens is 460 g/mol. The van der Waals surface area contributed by atoms with Crippen molar-refractivity contribution in [2.75, 3.05) is 13.1 Å². The van der Waals surface area contributed by atoms with Gasteiger partial charge in [-0.15, -0.1) is 0 Å². The van der Waals surface area contributed by atoms with Gasteiger partial charge in [-0.25, -0.2) is 0 Å². The van der Waals surface area contributed by atoms with Crippen molar-refractivity contribution in [2.45, 2.75) is 98.3 Å². The summed E-state index contributed by atoms with van der Waals surface area (Å²) in [5.41, 5.74) is 5.35. The highest BCUT2D eigenvalue weighted by Gasteiger charge is 2.75. The third-order valence-corrected chi connectivity index (χ3v) is 13.9. The van der Waals surface area contributed by atoms with Gasteiger partial charge >= 0.3 is 0 Å². The highest BCUT2D eigenvalue weighted by molar-refractivity contribution is 5.35. The van der Waals surface area contributed by atoms with Gasteiger partial charge in [0.25, 0.3) is 0 Å². The molecule has 1 heterocycles. The number of nitrogens with one attached hydrogen (secondary N) is 2. The van der Waals surface area contributed by atoms with E-state index in [1.165, 1.54) is 75.6 Å². The lowest BCUT2D eigenvalue weighted by Gasteiger charge is -2.72. The minimum Gasteiger partial charge on any atom is -0.363 e. The van der Waals surface area contributed by atoms with Crippen LogP contribution in [0.5, 0.6) is 0 Å². The first-order valence-electron chi connectivity index (χ1n) is 16.3. The Morgan fingerprint density at radius 2 is 1.92 bits per heavy atom. The summed E-state index contributed by atoms with van der Waals surface area (Å²) in [6.45, 7) is 26.7. The Kier molecular flexibility index (Phi) is 6.85. The van der Waals surface area contributed by atoms with E-state index >= 15 is 0 Å². The first-order valence-corrected chi connectivity index (χ1v) is 16.3. The van der Waals surface area contributed by atoms with E-state index in [2.05, 4.69) is 63.6 Å². The summed E-state index contributed by atoms with van der Waals surface area (Å²) in [6, 6.07) is 0. The van der Waals surface area contributed by atoms with Crippen LogP contribution in [0.4, 0.5) is 0 Å². The molecule has 0 spiro atoms. The maximum absolute atomic E-state index is 4.75. The van der Waals surface area contributed by atoms with Crippen LogP contribution in [0.25, 0.3) is 0 Å². The second kappa shape index (κ2) is 9.67. The van der Waals surface area contributed by atoms with Crippen molar-refractivity contribution in [3.05, 3.63) is 48.9 Å². The molecule has 11 atom stereocenters. The summed E-state index contributed by atoms with van der Waals surface area (Å²) in [7, 11) is 0. The van der Waals surface area contributed by atoms with E-state index in [9.17, 15) is 0 Å². The SMILES string of the molecule is C=C(C[C@@H]1C[C@@](C)(C2C=CCCC2)C(C)[C@H](C)C23CCC(=C)C4(CC(C)C1C42)C3)NC(=C)C1CCCNC1. The molecule has 4 saturated carbocycles. The Bertz CT molecular complexity index is 1000. The highest BCUT2D eigenvalue weighted by atomic mass is 14.9. The van der Waals surface area contributed by atoms with Crippen molar-refractivity contribution >= 4 is 0 Å². The lowest BCUT2D eigenvalue weighted by Crippen LogP contribution is -2.66. The number of rotatable bonds is 6. The highest BCUT2D eigenvalue weighted by Crippen LogP contribution is 2.82. The van der Waals surface area contributed by atoms with Crippen LogP contribution < -0.4 is 10.6 Å². The Hall–Kier alpha value is -1.28. The molecule has 0 aromatic rings.